The molecule has 116 valence electrons. The minimum Gasteiger partial charge on any atom is -0.486 e. The van der Waals surface area contributed by atoms with Gasteiger partial charge in [-0.2, -0.15) is 0 Å². The summed E-state index contributed by atoms with van der Waals surface area (Å²) in [5.41, 5.74) is 1.34. The molecule has 2 aliphatic heterocycles. The fourth-order valence-electron chi connectivity index (χ4n) is 3.28. The smallest absolute Gasteiger partial charge is 0.161 e. The number of fused-ring (bicyclic) bond motifs is 1. The largest absolute Gasteiger partial charge is 0.486 e. The van der Waals surface area contributed by atoms with E-state index in [1.54, 1.807) is 0 Å². The van der Waals surface area contributed by atoms with Gasteiger partial charge in [-0.3, -0.25) is 4.90 Å². The molecule has 0 N–H and O–H groups in total. The van der Waals surface area contributed by atoms with E-state index in [4.69, 9.17) is 9.47 Å². The first-order valence-corrected chi connectivity index (χ1v) is 9.34. The fourth-order valence-corrected chi connectivity index (χ4v) is 4.78. The summed E-state index contributed by atoms with van der Waals surface area (Å²) in [6.45, 7) is 3.46. The molecule has 0 saturated carbocycles. The number of hydrogen-bond acceptors (Lipinski definition) is 4. The highest BCUT2D eigenvalue weighted by molar-refractivity contribution is 9.10. The summed E-state index contributed by atoms with van der Waals surface area (Å²) in [5, 5.41) is 2.15. The molecule has 0 radical (unpaired) electrons. The highest BCUT2D eigenvalue weighted by Crippen LogP contribution is 2.39. The minimum absolute atomic E-state index is 0.477. The number of ether oxygens (including phenoxy) is 2. The van der Waals surface area contributed by atoms with E-state index in [-0.39, 0.29) is 0 Å². The molecule has 22 heavy (non-hydrogen) atoms. The molecule has 1 aromatic carbocycles. The van der Waals surface area contributed by atoms with Crippen LogP contribution in [0.2, 0.25) is 0 Å². The highest BCUT2D eigenvalue weighted by Gasteiger charge is 2.28. The van der Waals surface area contributed by atoms with Gasteiger partial charge >= 0.3 is 0 Å². The SMILES string of the molecule is Brc1ccsc1CN1CCCC1c1ccc2c(c1)OCCO2. The van der Waals surface area contributed by atoms with E-state index < -0.39 is 0 Å². The van der Waals surface area contributed by atoms with Crippen LogP contribution in [0.15, 0.2) is 34.1 Å². The van der Waals surface area contributed by atoms with Crippen molar-refractivity contribution in [2.24, 2.45) is 0 Å². The second-order valence-electron chi connectivity index (χ2n) is 5.72. The van der Waals surface area contributed by atoms with Crippen molar-refractivity contribution in [3.8, 4) is 11.5 Å². The molecule has 4 rings (SSSR count). The van der Waals surface area contributed by atoms with Crippen molar-refractivity contribution in [2.45, 2.75) is 25.4 Å². The molecule has 0 spiro atoms. The van der Waals surface area contributed by atoms with Gasteiger partial charge in [-0.05, 0) is 64.5 Å². The third-order valence-electron chi connectivity index (χ3n) is 4.35. The molecular formula is C17H18BrNO2S. The lowest BCUT2D eigenvalue weighted by Gasteiger charge is -2.26. The zero-order chi connectivity index (χ0) is 14.9. The van der Waals surface area contributed by atoms with Gasteiger partial charge in [0.1, 0.15) is 13.2 Å². The summed E-state index contributed by atoms with van der Waals surface area (Å²) in [6, 6.07) is 9.03. The van der Waals surface area contributed by atoms with Gasteiger partial charge in [0, 0.05) is 21.9 Å². The quantitative estimate of drug-likeness (QED) is 0.776. The lowest BCUT2D eigenvalue weighted by molar-refractivity contribution is 0.170. The number of benzene rings is 1. The van der Waals surface area contributed by atoms with Crippen LogP contribution in [-0.2, 0) is 6.54 Å². The Kier molecular flexibility index (Phi) is 4.11. The van der Waals surface area contributed by atoms with E-state index in [0.29, 0.717) is 19.3 Å². The van der Waals surface area contributed by atoms with Crippen LogP contribution in [-0.4, -0.2) is 24.7 Å². The molecule has 3 heterocycles. The second kappa shape index (κ2) is 6.22. The molecule has 1 fully saturated rings. The fraction of sp³-hybridized carbons (Fsp3) is 0.412. The van der Waals surface area contributed by atoms with Gasteiger partial charge < -0.3 is 9.47 Å². The normalized spacial score (nSPS) is 21.2. The minimum atomic E-state index is 0.477. The standard InChI is InChI=1S/C17H18BrNO2S/c18-13-5-9-22-17(13)11-19-6-1-2-14(19)12-3-4-15-16(10-12)21-8-7-20-15/h3-5,9-10,14H,1-2,6-8,11H2. The molecule has 2 aromatic rings. The first-order valence-electron chi connectivity index (χ1n) is 7.67. The maximum atomic E-state index is 5.73. The van der Waals surface area contributed by atoms with Crippen molar-refractivity contribution in [2.75, 3.05) is 19.8 Å². The highest BCUT2D eigenvalue weighted by atomic mass is 79.9. The predicted molar refractivity (Wildman–Crippen MR) is 91.8 cm³/mol. The maximum absolute atomic E-state index is 5.73. The Morgan fingerprint density at radius 2 is 2.05 bits per heavy atom. The first kappa shape index (κ1) is 14.5. The van der Waals surface area contributed by atoms with Crippen molar-refractivity contribution in [1.82, 2.24) is 4.90 Å². The zero-order valence-corrected chi connectivity index (χ0v) is 14.7. The Hall–Kier alpha value is -1.04. The van der Waals surface area contributed by atoms with E-state index in [1.807, 2.05) is 11.3 Å². The van der Waals surface area contributed by atoms with Gasteiger partial charge in [0.15, 0.2) is 11.5 Å². The monoisotopic (exact) mass is 379 g/mol. The van der Waals surface area contributed by atoms with Crippen molar-refractivity contribution < 1.29 is 9.47 Å². The summed E-state index contributed by atoms with van der Waals surface area (Å²) in [5.74, 6) is 1.77. The van der Waals surface area contributed by atoms with Gasteiger partial charge in [-0.15, -0.1) is 11.3 Å². The average Bonchev–Trinajstić information content (AvgIpc) is 3.17. The number of rotatable bonds is 3. The van der Waals surface area contributed by atoms with Crippen LogP contribution in [0.25, 0.3) is 0 Å². The Morgan fingerprint density at radius 1 is 1.18 bits per heavy atom. The molecule has 5 heteroatoms. The van der Waals surface area contributed by atoms with Crippen LogP contribution < -0.4 is 9.47 Å². The van der Waals surface area contributed by atoms with Gasteiger partial charge in [0.05, 0.1) is 0 Å². The van der Waals surface area contributed by atoms with E-state index in [0.717, 1.165) is 24.6 Å². The molecule has 1 saturated heterocycles. The molecule has 1 atom stereocenters. The lowest BCUT2D eigenvalue weighted by atomic mass is 10.0. The molecule has 2 aliphatic rings. The molecule has 3 nitrogen and oxygen atoms in total. The molecule has 0 amide bonds. The van der Waals surface area contributed by atoms with Crippen molar-refractivity contribution >= 4 is 27.3 Å². The van der Waals surface area contributed by atoms with Gasteiger partial charge in [-0.25, -0.2) is 0 Å². The van der Waals surface area contributed by atoms with Crippen LogP contribution in [0.3, 0.4) is 0 Å². The summed E-state index contributed by atoms with van der Waals surface area (Å²) >= 11 is 5.47. The number of likely N-dealkylation sites (tertiary alicyclic amines) is 1. The Morgan fingerprint density at radius 3 is 2.86 bits per heavy atom. The van der Waals surface area contributed by atoms with Crippen LogP contribution in [0.4, 0.5) is 0 Å². The van der Waals surface area contributed by atoms with Crippen molar-refractivity contribution in [3.63, 3.8) is 0 Å². The Bertz CT molecular complexity index is 672. The topological polar surface area (TPSA) is 21.7 Å². The Balaban J connectivity index is 1.57. The van der Waals surface area contributed by atoms with E-state index in [9.17, 15) is 0 Å². The molecular weight excluding hydrogens is 362 g/mol. The first-order chi connectivity index (χ1) is 10.8. The van der Waals surface area contributed by atoms with Crippen molar-refractivity contribution in [1.29, 1.82) is 0 Å². The number of hydrogen-bond donors (Lipinski definition) is 0. The van der Waals surface area contributed by atoms with Gasteiger partial charge in [-0.1, -0.05) is 6.07 Å². The van der Waals surface area contributed by atoms with Crippen LogP contribution in [0.5, 0.6) is 11.5 Å². The summed E-state index contributed by atoms with van der Waals surface area (Å²) < 4.78 is 12.6. The van der Waals surface area contributed by atoms with E-state index >= 15 is 0 Å². The molecule has 0 bridgehead atoms. The average molecular weight is 380 g/mol. The maximum Gasteiger partial charge on any atom is 0.161 e. The number of halogens is 1. The number of nitrogens with zero attached hydrogens (tertiary/aromatic N) is 1. The molecule has 1 unspecified atom stereocenters. The van der Waals surface area contributed by atoms with Gasteiger partial charge in [0.2, 0.25) is 0 Å². The van der Waals surface area contributed by atoms with Gasteiger partial charge in [0.25, 0.3) is 0 Å². The van der Waals surface area contributed by atoms with E-state index in [2.05, 4.69) is 50.5 Å². The zero-order valence-electron chi connectivity index (χ0n) is 12.3. The van der Waals surface area contributed by atoms with Crippen LogP contribution >= 0.6 is 27.3 Å². The summed E-state index contributed by atoms with van der Waals surface area (Å²) in [6.07, 6.45) is 2.46. The third kappa shape index (κ3) is 2.77. The molecule has 0 aliphatic carbocycles. The predicted octanol–water partition coefficient (Wildman–Crippen LogP) is 4.62. The summed E-state index contributed by atoms with van der Waals surface area (Å²) in [4.78, 5) is 3.98. The molecule has 1 aromatic heterocycles. The lowest BCUT2D eigenvalue weighted by Crippen LogP contribution is -2.23. The third-order valence-corrected chi connectivity index (χ3v) is 6.26. The second-order valence-corrected chi connectivity index (χ2v) is 7.58. The van der Waals surface area contributed by atoms with Crippen LogP contribution in [0, 0.1) is 0 Å². The van der Waals surface area contributed by atoms with E-state index in [1.165, 1.54) is 27.8 Å². The Labute approximate surface area is 143 Å². The van der Waals surface area contributed by atoms with Crippen molar-refractivity contribution in [3.05, 3.63) is 44.6 Å². The summed E-state index contributed by atoms with van der Waals surface area (Å²) in [7, 11) is 0. The van der Waals surface area contributed by atoms with Crippen LogP contribution in [0.1, 0.15) is 29.3 Å². The number of thiophene rings is 1.